The van der Waals surface area contributed by atoms with Crippen LogP contribution in [0.2, 0.25) is 0 Å². The number of likely N-dealkylation sites (N-methyl/N-ethyl adjacent to an activating group) is 1. The van der Waals surface area contributed by atoms with Crippen LogP contribution in [0.25, 0.3) is 0 Å². The number of rotatable bonds is 8. The second-order valence-corrected chi connectivity index (χ2v) is 5.82. The number of nitrogens with one attached hydrogen (secondary N) is 1. The van der Waals surface area contributed by atoms with E-state index in [1.165, 1.54) is 0 Å². The Kier molecular flexibility index (Phi) is 4.81. The Hall–Kier alpha value is -0.650. The Bertz CT molecular complexity index is 320. The van der Waals surface area contributed by atoms with Crippen LogP contribution in [0, 0.1) is 0 Å². The Balaban J connectivity index is 1.96. The lowest BCUT2D eigenvalue weighted by atomic mass is 9.97. The maximum atomic E-state index is 11.7. The normalized spacial score (nSPS) is 31.0. The highest BCUT2D eigenvalue weighted by Crippen LogP contribution is 2.36. The van der Waals surface area contributed by atoms with Gasteiger partial charge in [-0.25, -0.2) is 0 Å². The summed E-state index contributed by atoms with van der Waals surface area (Å²) >= 11 is 0. The summed E-state index contributed by atoms with van der Waals surface area (Å²) < 4.78 is 5.13. The van der Waals surface area contributed by atoms with Crippen molar-refractivity contribution in [3.63, 3.8) is 0 Å². The summed E-state index contributed by atoms with van der Waals surface area (Å²) in [6, 6.07) is 0.798. The third-order valence-electron chi connectivity index (χ3n) is 4.46. The fourth-order valence-electron chi connectivity index (χ4n) is 3.14. The summed E-state index contributed by atoms with van der Waals surface area (Å²) in [7, 11) is 1.71. The average molecular weight is 270 g/mol. The van der Waals surface area contributed by atoms with E-state index in [4.69, 9.17) is 4.74 Å². The van der Waals surface area contributed by atoms with Gasteiger partial charge in [0.15, 0.2) is 0 Å². The van der Waals surface area contributed by atoms with Gasteiger partial charge >= 0.3 is 5.97 Å². The number of hydrogen-bond donors (Lipinski definition) is 2. The SMILES string of the molecule is CCN(CCOC)C1CCC(NC2CC2)(C(=O)O)C1. The molecule has 0 aromatic heterocycles. The molecule has 2 rings (SSSR count). The van der Waals surface area contributed by atoms with Crippen molar-refractivity contribution in [2.75, 3.05) is 26.8 Å². The van der Waals surface area contributed by atoms with E-state index in [-0.39, 0.29) is 0 Å². The maximum Gasteiger partial charge on any atom is 0.323 e. The molecule has 2 fully saturated rings. The molecule has 2 aliphatic rings. The molecule has 2 atom stereocenters. The van der Waals surface area contributed by atoms with Gasteiger partial charge in [0.25, 0.3) is 0 Å². The number of aliphatic carboxylic acids is 1. The summed E-state index contributed by atoms with van der Waals surface area (Å²) in [5.41, 5.74) is -0.688. The molecule has 110 valence electrons. The third kappa shape index (κ3) is 3.46. The highest BCUT2D eigenvalue weighted by molar-refractivity contribution is 5.79. The topological polar surface area (TPSA) is 61.8 Å². The second-order valence-electron chi connectivity index (χ2n) is 5.82. The number of hydrogen-bond acceptors (Lipinski definition) is 4. The summed E-state index contributed by atoms with van der Waals surface area (Å²) in [4.78, 5) is 14.0. The molecule has 0 aromatic carbocycles. The van der Waals surface area contributed by atoms with Crippen LogP contribution >= 0.6 is 0 Å². The first-order chi connectivity index (χ1) is 9.11. The third-order valence-corrected chi connectivity index (χ3v) is 4.46. The fourth-order valence-corrected chi connectivity index (χ4v) is 3.14. The van der Waals surface area contributed by atoms with Gasteiger partial charge in [-0.2, -0.15) is 0 Å². The van der Waals surface area contributed by atoms with Gasteiger partial charge in [0.1, 0.15) is 5.54 Å². The zero-order chi connectivity index (χ0) is 13.9. The van der Waals surface area contributed by atoms with Crippen molar-refractivity contribution in [2.45, 2.75) is 56.7 Å². The number of carbonyl (C=O) groups is 1. The van der Waals surface area contributed by atoms with Gasteiger partial charge in [0, 0.05) is 25.7 Å². The van der Waals surface area contributed by atoms with Gasteiger partial charge < -0.3 is 9.84 Å². The highest BCUT2D eigenvalue weighted by Gasteiger charge is 2.49. The van der Waals surface area contributed by atoms with Gasteiger partial charge in [0.2, 0.25) is 0 Å². The molecule has 2 N–H and O–H groups in total. The molecular formula is C14H26N2O3. The van der Waals surface area contributed by atoms with E-state index in [9.17, 15) is 9.90 Å². The maximum absolute atomic E-state index is 11.7. The van der Waals surface area contributed by atoms with Crippen LogP contribution in [0.4, 0.5) is 0 Å². The van der Waals surface area contributed by atoms with Crippen molar-refractivity contribution in [1.29, 1.82) is 0 Å². The largest absolute Gasteiger partial charge is 0.480 e. The van der Waals surface area contributed by atoms with Crippen molar-refractivity contribution < 1.29 is 14.6 Å². The Morgan fingerprint density at radius 1 is 1.47 bits per heavy atom. The predicted molar refractivity (Wildman–Crippen MR) is 73.3 cm³/mol. The van der Waals surface area contributed by atoms with Crippen molar-refractivity contribution in [2.24, 2.45) is 0 Å². The molecule has 0 aliphatic heterocycles. The molecule has 0 amide bonds. The minimum Gasteiger partial charge on any atom is -0.480 e. The summed E-state index contributed by atoms with van der Waals surface area (Å²) in [5, 5.41) is 13.0. The molecule has 2 aliphatic carbocycles. The Labute approximate surface area is 115 Å². The van der Waals surface area contributed by atoms with E-state index in [0.717, 1.165) is 45.2 Å². The predicted octanol–water partition coefficient (Wildman–Crippen LogP) is 1.08. The number of carboxylic acids is 1. The lowest BCUT2D eigenvalue weighted by Gasteiger charge is -2.30. The smallest absolute Gasteiger partial charge is 0.323 e. The molecule has 5 heteroatoms. The molecule has 0 heterocycles. The second kappa shape index (κ2) is 6.20. The average Bonchev–Trinajstić information content (AvgIpc) is 3.09. The minimum atomic E-state index is -0.688. The molecule has 0 bridgehead atoms. The molecular weight excluding hydrogens is 244 g/mol. The molecule has 0 saturated heterocycles. The molecule has 2 unspecified atom stereocenters. The van der Waals surface area contributed by atoms with E-state index < -0.39 is 11.5 Å². The monoisotopic (exact) mass is 270 g/mol. The number of methoxy groups -OCH3 is 1. The van der Waals surface area contributed by atoms with E-state index in [1.807, 2.05) is 0 Å². The lowest BCUT2D eigenvalue weighted by Crippen LogP contribution is -2.52. The van der Waals surface area contributed by atoms with Gasteiger partial charge in [-0.1, -0.05) is 6.92 Å². The van der Waals surface area contributed by atoms with Crippen LogP contribution < -0.4 is 5.32 Å². The number of nitrogens with zero attached hydrogens (tertiary/aromatic N) is 1. The van der Waals surface area contributed by atoms with Gasteiger partial charge in [-0.15, -0.1) is 0 Å². The van der Waals surface area contributed by atoms with Crippen LogP contribution in [-0.4, -0.2) is 60.4 Å². The van der Waals surface area contributed by atoms with Gasteiger partial charge in [-0.3, -0.25) is 15.0 Å². The van der Waals surface area contributed by atoms with Gasteiger partial charge in [0.05, 0.1) is 6.61 Å². The van der Waals surface area contributed by atoms with Crippen molar-refractivity contribution in [3.05, 3.63) is 0 Å². The summed E-state index contributed by atoms with van der Waals surface area (Å²) in [6.45, 7) is 4.68. The Morgan fingerprint density at radius 3 is 2.74 bits per heavy atom. The number of ether oxygens (including phenoxy) is 1. The fraction of sp³-hybridized carbons (Fsp3) is 0.929. The van der Waals surface area contributed by atoms with Crippen LogP contribution in [0.1, 0.15) is 39.0 Å². The minimum absolute atomic E-state index is 0.363. The van der Waals surface area contributed by atoms with E-state index in [2.05, 4.69) is 17.1 Å². The zero-order valence-electron chi connectivity index (χ0n) is 12.0. The quantitative estimate of drug-likeness (QED) is 0.691. The molecule has 0 radical (unpaired) electrons. The van der Waals surface area contributed by atoms with Crippen LogP contribution in [0.3, 0.4) is 0 Å². The summed E-state index contributed by atoms with van der Waals surface area (Å²) in [5.74, 6) is -0.676. The van der Waals surface area contributed by atoms with E-state index in [1.54, 1.807) is 7.11 Å². The number of carboxylic acid groups (broad SMARTS) is 1. The first kappa shape index (κ1) is 14.8. The van der Waals surface area contributed by atoms with Crippen LogP contribution in [-0.2, 0) is 9.53 Å². The highest BCUT2D eigenvalue weighted by atomic mass is 16.5. The van der Waals surface area contributed by atoms with E-state index in [0.29, 0.717) is 18.7 Å². The molecule has 5 nitrogen and oxygen atoms in total. The van der Waals surface area contributed by atoms with Crippen LogP contribution in [0.15, 0.2) is 0 Å². The van der Waals surface area contributed by atoms with Gasteiger partial charge in [-0.05, 0) is 38.6 Å². The van der Waals surface area contributed by atoms with Crippen molar-refractivity contribution >= 4 is 5.97 Å². The molecule has 19 heavy (non-hydrogen) atoms. The van der Waals surface area contributed by atoms with Crippen molar-refractivity contribution in [1.82, 2.24) is 10.2 Å². The molecule has 2 saturated carbocycles. The van der Waals surface area contributed by atoms with Crippen LogP contribution in [0.5, 0.6) is 0 Å². The van der Waals surface area contributed by atoms with E-state index >= 15 is 0 Å². The molecule has 0 aromatic rings. The molecule has 0 spiro atoms. The standard InChI is InChI=1S/C14H26N2O3/c1-3-16(8-9-19-2)12-6-7-14(10-12,13(17)18)15-11-4-5-11/h11-12,15H,3-10H2,1-2H3,(H,17,18). The lowest BCUT2D eigenvalue weighted by molar-refractivity contribution is -0.145. The zero-order valence-corrected chi connectivity index (χ0v) is 12.0. The first-order valence-electron chi connectivity index (χ1n) is 7.35. The first-order valence-corrected chi connectivity index (χ1v) is 7.35. The Morgan fingerprint density at radius 2 is 2.21 bits per heavy atom. The summed E-state index contributed by atoms with van der Waals surface area (Å²) in [6.07, 6.45) is 4.68. The van der Waals surface area contributed by atoms with Crippen molar-refractivity contribution in [3.8, 4) is 0 Å².